The van der Waals surface area contributed by atoms with Gasteiger partial charge in [-0.1, -0.05) is 60.1 Å². The lowest BCUT2D eigenvalue weighted by Crippen LogP contribution is -2.65. The Hall–Kier alpha value is -0.380. The maximum atomic E-state index is 11.3. The summed E-state index contributed by atoms with van der Waals surface area (Å²) in [5.74, 6) is 1.59. The molecule has 5 aliphatic rings. The van der Waals surface area contributed by atoms with E-state index < -0.39 is 0 Å². The van der Waals surface area contributed by atoms with E-state index in [1.807, 2.05) is 0 Å². The van der Waals surface area contributed by atoms with Crippen LogP contribution in [0.1, 0.15) is 106 Å². The Bertz CT molecular complexity index is 847. The molecule has 0 radical (unpaired) electrons. The summed E-state index contributed by atoms with van der Waals surface area (Å²) in [6.45, 7) is 17.0. The maximum absolute atomic E-state index is 11.3. The van der Waals surface area contributed by atoms with E-state index in [1.165, 1.54) is 19.3 Å². The van der Waals surface area contributed by atoms with Crippen molar-refractivity contribution in [3.05, 3.63) is 11.6 Å². The van der Waals surface area contributed by atoms with Gasteiger partial charge in [0.1, 0.15) is 0 Å². The van der Waals surface area contributed by atoms with Gasteiger partial charge in [-0.25, -0.2) is 0 Å². The second-order valence-electron chi connectivity index (χ2n) is 15.1. The zero-order chi connectivity index (χ0) is 24.2. The summed E-state index contributed by atoms with van der Waals surface area (Å²) in [5, 5.41) is 32.4. The van der Waals surface area contributed by atoms with Gasteiger partial charge in [0, 0.05) is 12.0 Å². The fourth-order valence-electron chi connectivity index (χ4n) is 10.7. The quantitative estimate of drug-likeness (QED) is 0.415. The average molecular weight is 459 g/mol. The minimum atomic E-state index is -0.335. The fourth-order valence-corrected chi connectivity index (χ4v) is 10.7. The molecule has 5 aliphatic carbocycles. The molecule has 0 saturated heterocycles. The molecule has 0 aliphatic heterocycles. The molecular formula is C30H50O3. The highest BCUT2D eigenvalue weighted by Crippen LogP contribution is 2.75. The molecule has 0 aromatic heterocycles. The highest BCUT2D eigenvalue weighted by molar-refractivity contribution is 5.34. The minimum Gasteiger partial charge on any atom is -0.396 e. The Kier molecular flexibility index (Phi) is 5.23. The van der Waals surface area contributed by atoms with Crippen LogP contribution in [0.3, 0.4) is 0 Å². The number of aliphatic hydroxyl groups excluding tert-OH is 3. The first-order chi connectivity index (χ1) is 15.2. The van der Waals surface area contributed by atoms with Crippen LogP contribution < -0.4 is 0 Å². The highest BCUT2D eigenvalue weighted by Gasteiger charge is 2.68. The van der Waals surface area contributed by atoms with Crippen LogP contribution in [0.2, 0.25) is 0 Å². The first-order valence-corrected chi connectivity index (χ1v) is 13.9. The summed E-state index contributed by atoms with van der Waals surface area (Å²) in [6, 6.07) is 0. The molecule has 0 amide bonds. The summed E-state index contributed by atoms with van der Waals surface area (Å²) >= 11 is 0. The van der Waals surface area contributed by atoms with Crippen molar-refractivity contribution < 1.29 is 15.3 Å². The molecule has 0 unspecified atom stereocenters. The molecule has 10 atom stereocenters. The largest absolute Gasteiger partial charge is 0.396 e. The smallest absolute Gasteiger partial charge is 0.0605 e. The molecule has 33 heavy (non-hydrogen) atoms. The Labute approximate surface area is 202 Å². The summed E-state index contributed by atoms with van der Waals surface area (Å²) in [4.78, 5) is 0. The van der Waals surface area contributed by atoms with E-state index in [9.17, 15) is 15.3 Å². The van der Waals surface area contributed by atoms with Crippen molar-refractivity contribution in [3.8, 4) is 0 Å². The molecule has 0 aromatic carbocycles. The average Bonchev–Trinajstić information content (AvgIpc) is 2.73. The molecule has 4 fully saturated rings. The van der Waals surface area contributed by atoms with Gasteiger partial charge in [-0.05, 0) is 103 Å². The summed E-state index contributed by atoms with van der Waals surface area (Å²) in [5.41, 5.74) is 2.02. The van der Waals surface area contributed by atoms with Gasteiger partial charge in [-0.3, -0.25) is 0 Å². The van der Waals surface area contributed by atoms with Gasteiger partial charge in [0.2, 0.25) is 0 Å². The third kappa shape index (κ3) is 2.91. The van der Waals surface area contributed by atoms with Crippen LogP contribution in [0, 0.1) is 50.2 Å². The standard InChI is InChI=1S/C30H50O3/c1-25(2)21-10-13-30(7)22(28(21,5)12-11-23(25)32)9-8-19-20-16-26(3,18-31)17-24(33)27(20,4)14-15-29(19,30)6/h8,20-24,31-33H,9-18H2,1-7H3/t20-,21-,22+,23-,24+,26+,27+,28-,29+,30+/m0/s1. The zero-order valence-electron chi connectivity index (χ0n) is 22.4. The van der Waals surface area contributed by atoms with Crippen molar-refractivity contribution in [1.82, 2.24) is 0 Å². The second-order valence-corrected chi connectivity index (χ2v) is 15.1. The zero-order valence-corrected chi connectivity index (χ0v) is 22.4. The van der Waals surface area contributed by atoms with Gasteiger partial charge in [0.25, 0.3) is 0 Å². The molecule has 0 aromatic rings. The number of rotatable bonds is 1. The number of aliphatic hydroxyl groups is 3. The van der Waals surface area contributed by atoms with Crippen molar-refractivity contribution in [2.75, 3.05) is 6.61 Å². The normalized spacial score (nSPS) is 57.8. The number of hydrogen-bond acceptors (Lipinski definition) is 3. The lowest BCUT2D eigenvalue weighted by atomic mass is 9.33. The lowest BCUT2D eigenvalue weighted by Gasteiger charge is -2.71. The SMILES string of the molecule is CC1(C)[C@@H](O)CC[C@]2(C)[C@H]3CC=C4[C@@H]5C[C@@](C)(CO)C[C@@H](O)[C@]5(C)CC[C@@]4(C)[C@]3(C)CC[C@@H]12. The van der Waals surface area contributed by atoms with Crippen LogP contribution in [0.25, 0.3) is 0 Å². The van der Waals surface area contributed by atoms with Gasteiger partial charge in [0.05, 0.1) is 12.2 Å². The van der Waals surface area contributed by atoms with Gasteiger partial charge in [0.15, 0.2) is 0 Å². The van der Waals surface area contributed by atoms with Crippen LogP contribution in [0.4, 0.5) is 0 Å². The van der Waals surface area contributed by atoms with E-state index >= 15 is 0 Å². The molecule has 3 nitrogen and oxygen atoms in total. The molecule has 0 bridgehead atoms. The van der Waals surface area contributed by atoms with Crippen molar-refractivity contribution in [2.24, 2.45) is 50.2 Å². The van der Waals surface area contributed by atoms with Crippen molar-refractivity contribution in [2.45, 2.75) is 118 Å². The van der Waals surface area contributed by atoms with Crippen LogP contribution in [0.15, 0.2) is 11.6 Å². The molecular weight excluding hydrogens is 408 g/mol. The number of fused-ring (bicyclic) bond motifs is 7. The Balaban J connectivity index is 1.58. The first kappa shape index (κ1) is 24.3. The predicted molar refractivity (Wildman–Crippen MR) is 134 cm³/mol. The highest BCUT2D eigenvalue weighted by atomic mass is 16.3. The number of hydrogen-bond donors (Lipinski definition) is 3. The molecule has 3 N–H and O–H groups in total. The van der Waals surface area contributed by atoms with E-state index in [-0.39, 0.29) is 51.3 Å². The number of allylic oxidation sites excluding steroid dienone is 2. The fraction of sp³-hybridized carbons (Fsp3) is 0.933. The van der Waals surface area contributed by atoms with Crippen molar-refractivity contribution in [3.63, 3.8) is 0 Å². The third-order valence-corrected chi connectivity index (χ3v) is 13.4. The van der Waals surface area contributed by atoms with E-state index in [0.717, 1.165) is 38.5 Å². The Morgan fingerprint density at radius 1 is 0.788 bits per heavy atom. The molecule has 0 heterocycles. The topological polar surface area (TPSA) is 60.7 Å². The van der Waals surface area contributed by atoms with Gasteiger partial charge in [-0.2, -0.15) is 0 Å². The molecule has 0 spiro atoms. The van der Waals surface area contributed by atoms with Crippen molar-refractivity contribution in [1.29, 1.82) is 0 Å². The van der Waals surface area contributed by atoms with E-state index in [1.54, 1.807) is 5.57 Å². The van der Waals surface area contributed by atoms with Crippen LogP contribution in [-0.4, -0.2) is 34.1 Å². The van der Waals surface area contributed by atoms with Gasteiger partial charge >= 0.3 is 0 Å². The molecule has 3 heteroatoms. The van der Waals surface area contributed by atoms with E-state index in [0.29, 0.717) is 17.8 Å². The predicted octanol–water partition coefficient (Wildman–Crippen LogP) is 6.11. The van der Waals surface area contributed by atoms with Gasteiger partial charge in [-0.15, -0.1) is 0 Å². The van der Waals surface area contributed by atoms with Gasteiger partial charge < -0.3 is 15.3 Å². The summed E-state index contributed by atoms with van der Waals surface area (Å²) < 4.78 is 0. The Morgan fingerprint density at radius 3 is 2.15 bits per heavy atom. The van der Waals surface area contributed by atoms with Crippen LogP contribution >= 0.6 is 0 Å². The summed E-state index contributed by atoms with van der Waals surface area (Å²) in [6.07, 6.45) is 11.7. The Morgan fingerprint density at radius 2 is 1.48 bits per heavy atom. The maximum Gasteiger partial charge on any atom is 0.0605 e. The molecule has 188 valence electrons. The second kappa shape index (κ2) is 7.10. The van der Waals surface area contributed by atoms with E-state index in [4.69, 9.17) is 0 Å². The molecule has 4 saturated carbocycles. The van der Waals surface area contributed by atoms with E-state index in [2.05, 4.69) is 54.5 Å². The van der Waals surface area contributed by atoms with Crippen LogP contribution in [-0.2, 0) is 0 Å². The third-order valence-electron chi connectivity index (χ3n) is 13.4. The molecule has 5 rings (SSSR count). The summed E-state index contributed by atoms with van der Waals surface area (Å²) in [7, 11) is 0. The minimum absolute atomic E-state index is 0.0131. The first-order valence-electron chi connectivity index (χ1n) is 13.9. The van der Waals surface area contributed by atoms with Crippen LogP contribution in [0.5, 0.6) is 0 Å². The van der Waals surface area contributed by atoms with Crippen molar-refractivity contribution >= 4 is 0 Å². The lowest BCUT2D eigenvalue weighted by molar-refractivity contribution is -0.208. The monoisotopic (exact) mass is 458 g/mol.